The van der Waals surface area contributed by atoms with Crippen LogP contribution in [-0.4, -0.2) is 113 Å². The van der Waals surface area contributed by atoms with E-state index in [1.165, 1.54) is 32.2 Å². The van der Waals surface area contributed by atoms with E-state index in [9.17, 15) is 43.8 Å². The van der Waals surface area contributed by atoms with Crippen LogP contribution in [0.15, 0.2) is 36.4 Å². The number of methoxy groups -OCH3 is 1. The number of hydrogen-bond acceptors (Lipinski definition) is 12. The molecular formula is C36H40N4O10. The first-order valence-corrected chi connectivity index (χ1v) is 16.6. The minimum atomic E-state index is -2.79. The number of amides is 2. The number of nitrogens with one attached hydrogen (secondary N) is 1. The molecule has 0 aromatic heterocycles. The molecule has 4 aliphatic rings. The van der Waals surface area contributed by atoms with Crippen LogP contribution in [0.1, 0.15) is 35.2 Å². The molecule has 1 aliphatic heterocycles. The van der Waals surface area contributed by atoms with E-state index >= 15 is 0 Å². The number of piperidine rings is 1. The highest BCUT2D eigenvalue weighted by Gasteiger charge is 2.69. The molecule has 3 fully saturated rings. The van der Waals surface area contributed by atoms with Gasteiger partial charge in [-0.15, -0.1) is 0 Å². The van der Waals surface area contributed by atoms with E-state index in [-0.39, 0.29) is 48.5 Å². The van der Waals surface area contributed by atoms with E-state index in [4.69, 9.17) is 10.5 Å². The Hall–Kier alpha value is -4.79. The summed E-state index contributed by atoms with van der Waals surface area (Å²) in [6, 6.07) is 8.75. The number of anilines is 1. The second kappa shape index (κ2) is 13.2. The number of ketones is 4. The summed E-state index contributed by atoms with van der Waals surface area (Å²) in [4.78, 5) is 95.1. The van der Waals surface area contributed by atoms with Crippen molar-refractivity contribution in [2.24, 2.45) is 35.3 Å². The van der Waals surface area contributed by atoms with Crippen LogP contribution in [0.4, 0.5) is 5.69 Å². The molecule has 0 bridgehead atoms. The molecule has 2 saturated carbocycles. The maximum absolute atomic E-state index is 14.0. The van der Waals surface area contributed by atoms with Crippen molar-refractivity contribution in [1.29, 1.82) is 0 Å². The number of hydrogen-bond donors (Lipinski definition) is 4. The van der Waals surface area contributed by atoms with Crippen molar-refractivity contribution < 1.29 is 48.5 Å². The smallest absolute Gasteiger partial charge is 0.308 e. The van der Waals surface area contributed by atoms with Crippen LogP contribution >= 0.6 is 0 Å². The molecule has 3 unspecified atom stereocenters. The number of phenolic OH excluding ortho intramolecular Hbond substituents is 1. The number of Topliss-reactive ketones (excluding diaryl/α,β-unsaturated/α-hetero) is 4. The zero-order valence-corrected chi connectivity index (χ0v) is 28.0. The molecule has 14 heteroatoms. The predicted octanol–water partition coefficient (Wildman–Crippen LogP) is 0.358. The Morgan fingerprint density at radius 3 is 2.28 bits per heavy atom. The van der Waals surface area contributed by atoms with Crippen molar-refractivity contribution in [3.63, 3.8) is 0 Å². The third-order valence-corrected chi connectivity index (χ3v) is 10.9. The Labute approximate surface area is 287 Å². The number of aliphatic hydroxyl groups is 1. The van der Waals surface area contributed by atoms with Crippen molar-refractivity contribution in [3.05, 3.63) is 47.5 Å². The van der Waals surface area contributed by atoms with Gasteiger partial charge in [0.2, 0.25) is 11.8 Å². The van der Waals surface area contributed by atoms with Crippen molar-refractivity contribution >= 4 is 46.6 Å². The monoisotopic (exact) mass is 688 g/mol. The van der Waals surface area contributed by atoms with Crippen LogP contribution in [0.3, 0.4) is 0 Å². The van der Waals surface area contributed by atoms with E-state index in [2.05, 4.69) is 5.32 Å². The second-order valence-corrected chi connectivity index (χ2v) is 14.0. The molecule has 0 radical (unpaired) electrons. The van der Waals surface area contributed by atoms with Gasteiger partial charge in [0.05, 0.1) is 37.1 Å². The number of ether oxygens (including phenoxy) is 1. The minimum absolute atomic E-state index is 0.0513. The van der Waals surface area contributed by atoms with Gasteiger partial charge < -0.3 is 26.0 Å². The normalized spacial score (nSPS) is 28.5. The Morgan fingerprint density at radius 1 is 1.02 bits per heavy atom. The third kappa shape index (κ3) is 5.70. The highest BCUT2D eigenvalue weighted by molar-refractivity contribution is 6.32. The van der Waals surface area contributed by atoms with Gasteiger partial charge >= 0.3 is 5.97 Å². The number of rotatable bonds is 7. The first-order valence-electron chi connectivity index (χ1n) is 16.6. The number of carbonyl (C=O) groups is 7. The van der Waals surface area contributed by atoms with Crippen LogP contribution in [0, 0.1) is 29.6 Å². The number of benzene rings is 2. The Kier molecular flexibility index (Phi) is 9.22. The highest BCUT2D eigenvalue weighted by atomic mass is 16.5. The Balaban J connectivity index is 1.24. The van der Waals surface area contributed by atoms with Crippen molar-refractivity contribution in [1.82, 2.24) is 9.80 Å². The number of likely N-dealkylation sites (tertiary alicyclic amines) is 1. The number of fused-ring (bicyclic) bond motifs is 3. The maximum atomic E-state index is 14.0. The number of phenols is 1. The van der Waals surface area contributed by atoms with Crippen LogP contribution in [0.2, 0.25) is 0 Å². The summed E-state index contributed by atoms with van der Waals surface area (Å²) in [5.74, 6) is -11.7. The number of carbonyl (C=O) groups excluding carboxylic acids is 7. The topological polar surface area (TPSA) is 214 Å². The number of esters is 1. The molecule has 6 atom stereocenters. The molecule has 1 saturated heterocycles. The second-order valence-electron chi connectivity index (χ2n) is 14.0. The molecule has 5 N–H and O–H groups in total. The summed E-state index contributed by atoms with van der Waals surface area (Å²) in [7, 11) is 4.44. The van der Waals surface area contributed by atoms with Crippen LogP contribution in [0.5, 0.6) is 5.75 Å². The van der Waals surface area contributed by atoms with Gasteiger partial charge in [-0.1, -0.05) is 18.2 Å². The molecule has 2 aromatic carbocycles. The summed E-state index contributed by atoms with van der Waals surface area (Å²) in [6.07, 6.45) is 1.31. The van der Waals surface area contributed by atoms with E-state index in [1.54, 1.807) is 30.3 Å². The molecule has 2 amide bonds. The molecular weight excluding hydrogens is 648 g/mol. The summed E-state index contributed by atoms with van der Waals surface area (Å²) in [5.41, 5.74) is 4.80. The largest absolute Gasteiger partial charge is 0.507 e. The molecule has 14 nitrogen and oxygen atoms in total. The van der Waals surface area contributed by atoms with Gasteiger partial charge in [0, 0.05) is 11.6 Å². The van der Waals surface area contributed by atoms with E-state index < -0.39 is 64.4 Å². The molecule has 3 aliphatic carbocycles. The first kappa shape index (κ1) is 35.1. The number of nitrogens with zero attached hydrogens (tertiary/aromatic N) is 2. The quantitative estimate of drug-likeness (QED) is 0.229. The molecule has 6 rings (SSSR count). The van der Waals surface area contributed by atoms with Crippen molar-refractivity contribution in [2.45, 2.75) is 37.3 Å². The van der Waals surface area contributed by atoms with Crippen LogP contribution in [-0.2, 0) is 39.9 Å². The lowest BCUT2D eigenvalue weighted by Crippen LogP contribution is -2.74. The molecule has 0 spiro atoms. The van der Waals surface area contributed by atoms with E-state index in [0.29, 0.717) is 48.3 Å². The van der Waals surface area contributed by atoms with Crippen molar-refractivity contribution in [3.8, 4) is 16.9 Å². The Morgan fingerprint density at radius 2 is 1.68 bits per heavy atom. The summed E-state index contributed by atoms with van der Waals surface area (Å²) >= 11 is 0. The summed E-state index contributed by atoms with van der Waals surface area (Å²) in [6.45, 7) is 1.36. The number of likely N-dealkylation sites (N-methyl/N-ethyl adjacent to an activating group) is 1. The average molecular weight is 689 g/mol. The fourth-order valence-corrected chi connectivity index (χ4v) is 8.51. The molecule has 2 aromatic rings. The lowest BCUT2D eigenvalue weighted by Gasteiger charge is -2.52. The van der Waals surface area contributed by atoms with Gasteiger partial charge in [-0.3, -0.25) is 43.4 Å². The average Bonchev–Trinajstić information content (AvgIpc) is 3.06. The highest BCUT2D eigenvalue weighted by Crippen LogP contribution is 2.51. The van der Waals surface area contributed by atoms with E-state index in [0.717, 1.165) is 0 Å². The fraction of sp³-hybridized carbons (Fsp3) is 0.472. The van der Waals surface area contributed by atoms with Gasteiger partial charge in [-0.05, 0) is 93.7 Å². The summed E-state index contributed by atoms with van der Waals surface area (Å²) < 4.78 is 4.82. The standard InChI is InChI=1S/C36H40N4O10/c1-39(2)29-23-15-19-14-22-21(17-4-6-20(7-5-17)38-25(42)16-40-12-10-18(11-13-40)35(48)50-3)8-9-24(41)27(22)30(43)26(19)32(45)36(23,49)33(46)28(31(29)44)34(37)47/h4-9,18-19,23,26,28-29,41,49H,10-16H2,1-3H3,(H2,37,47)(H,38,42)/t19-,23-,26?,28?,29?,36-/m1/s1. The van der Waals surface area contributed by atoms with Gasteiger partial charge in [0.25, 0.3) is 0 Å². The first-order chi connectivity index (χ1) is 23.7. The fourth-order valence-electron chi connectivity index (χ4n) is 8.51. The summed E-state index contributed by atoms with van der Waals surface area (Å²) in [5, 5.41) is 25.5. The van der Waals surface area contributed by atoms with Gasteiger partial charge in [-0.2, -0.15) is 0 Å². The van der Waals surface area contributed by atoms with Crippen LogP contribution < -0.4 is 11.1 Å². The van der Waals surface area contributed by atoms with Gasteiger partial charge in [-0.25, -0.2) is 0 Å². The number of primary amides is 1. The minimum Gasteiger partial charge on any atom is -0.507 e. The SMILES string of the molecule is COC(=O)C1CCN(CC(=O)Nc2ccc(-c3ccc(O)c4c3C[C@@H]3C[C@@H]5C(N(C)C)C(=O)C(C(N)=O)C(=O)[C@]5(O)C(=O)C3C4=O)cc2)CC1. The van der Waals surface area contributed by atoms with Crippen LogP contribution in [0.25, 0.3) is 11.1 Å². The predicted molar refractivity (Wildman–Crippen MR) is 177 cm³/mol. The maximum Gasteiger partial charge on any atom is 0.308 e. The lowest BCUT2D eigenvalue weighted by atomic mass is 9.52. The zero-order chi connectivity index (χ0) is 36.2. The van der Waals surface area contributed by atoms with Gasteiger partial charge in [0.1, 0.15) is 5.75 Å². The van der Waals surface area contributed by atoms with Gasteiger partial charge in [0.15, 0.2) is 34.7 Å². The lowest BCUT2D eigenvalue weighted by molar-refractivity contribution is -0.181. The molecule has 50 heavy (non-hydrogen) atoms. The number of aromatic hydroxyl groups is 1. The van der Waals surface area contributed by atoms with Crippen molar-refractivity contribution in [2.75, 3.05) is 46.2 Å². The van der Waals surface area contributed by atoms with E-state index in [1.807, 2.05) is 4.90 Å². The third-order valence-electron chi connectivity index (χ3n) is 10.9. The Bertz CT molecular complexity index is 1800. The number of nitrogens with two attached hydrogens (primary N) is 1. The zero-order valence-electron chi connectivity index (χ0n) is 28.0. The molecule has 264 valence electrons. The molecule has 1 heterocycles.